The fraction of sp³-hybridized carbons (Fsp3) is 0.368. The van der Waals surface area contributed by atoms with E-state index in [9.17, 15) is 4.39 Å². The molecule has 2 N–H and O–H groups in total. The van der Waals surface area contributed by atoms with Gasteiger partial charge in [0.25, 0.3) is 0 Å². The van der Waals surface area contributed by atoms with Crippen LogP contribution in [-0.4, -0.2) is 48.8 Å². The van der Waals surface area contributed by atoms with Crippen molar-refractivity contribution in [2.75, 3.05) is 12.4 Å². The van der Waals surface area contributed by atoms with Crippen molar-refractivity contribution < 1.29 is 9.13 Å². The number of ether oxygens (including phenoxy) is 1. The van der Waals surface area contributed by atoms with Gasteiger partial charge in [0, 0.05) is 48.3 Å². The number of hydrogen-bond donors (Lipinski definition) is 2. The maximum absolute atomic E-state index is 14.3. The van der Waals surface area contributed by atoms with Gasteiger partial charge >= 0.3 is 0 Å². The molecule has 0 amide bonds. The Morgan fingerprint density at radius 2 is 2.11 bits per heavy atom. The molecule has 1 fully saturated rings. The van der Waals surface area contributed by atoms with Gasteiger partial charge in [-0.25, -0.2) is 18.9 Å². The van der Waals surface area contributed by atoms with Crippen molar-refractivity contribution in [2.45, 2.75) is 37.8 Å². The van der Waals surface area contributed by atoms with Gasteiger partial charge in [0.1, 0.15) is 12.0 Å². The Balaban J connectivity index is 1.42. The van der Waals surface area contributed by atoms with Crippen LogP contribution in [-0.2, 0) is 4.74 Å². The summed E-state index contributed by atoms with van der Waals surface area (Å²) in [7, 11) is 1.77. The van der Waals surface area contributed by atoms with E-state index in [1.807, 2.05) is 6.20 Å². The van der Waals surface area contributed by atoms with Crippen molar-refractivity contribution in [1.82, 2.24) is 29.5 Å². The lowest BCUT2D eigenvalue weighted by molar-refractivity contribution is 0.0681. The first-order valence-electron chi connectivity index (χ1n) is 9.34. The normalized spacial score (nSPS) is 20.1. The van der Waals surface area contributed by atoms with Crippen molar-refractivity contribution in [2.24, 2.45) is 0 Å². The van der Waals surface area contributed by atoms with Crippen LogP contribution in [0.1, 0.15) is 25.7 Å². The zero-order valence-corrected chi connectivity index (χ0v) is 15.4. The molecule has 9 heteroatoms. The van der Waals surface area contributed by atoms with Gasteiger partial charge in [0.15, 0.2) is 11.5 Å². The van der Waals surface area contributed by atoms with Gasteiger partial charge in [0.2, 0.25) is 5.95 Å². The van der Waals surface area contributed by atoms with Crippen molar-refractivity contribution in [3.05, 3.63) is 36.8 Å². The summed E-state index contributed by atoms with van der Waals surface area (Å²) in [6.45, 7) is 0. The number of rotatable bonds is 4. The fourth-order valence-corrected chi connectivity index (χ4v) is 3.87. The Hall–Kier alpha value is -3.07. The monoisotopic (exact) mass is 381 g/mol. The molecular weight excluding hydrogens is 361 g/mol. The highest BCUT2D eigenvalue weighted by atomic mass is 19.1. The summed E-state index contributed by atoms with van der Waals surface area (Å²) in [4.78, 5) is 16.1. The van der Waals surface area contributed by atoms with Gasteiger partial charge in [0.05, 0.1) is 6.10 Å². The molecule has 4 aromatic rings. The van der Waals surface area contributed by atoms with E-state index in [2.05, 4.69) is 30.4 Å². The Morgan fingerprint density at radius 3 is 2.93 bits per heavy atom. The molecular formula is C19H20FN7O. The first kappa shape index (κ1) is 17.1. The van der Waals surface area contributed by atoms with E-state index in [0.29, 0.717) is 29.3 Å². The van der Waals surface area contributed by atoms with Gasteiger partial charge < -0.3 is 15.0 Å². The highest BCUT2D eigenvalue weighted by Gasteiger charge is 2.21. The van der Waals surface area contributed by atoms with Gasteiger partial charge in [-0.3, -0.25) is 0 Å². The lowest BCUT2D eigenvalue weighted by atomic mass is 9.93. The average molecular weight is 381 g/mol. The van der Waals surface area contributed by atoms with Crippen LogP contribution >= 0.6 is 0 Å². The fourth-order valence-electron chi connectivity index (χ4n) is 3.87. The van der Waals surface area contributed by atoms with Crippen LogP contribution < -0.4 is 5.32 Å². The molecule has 1 aliphatic carbocycles. The molecule has 0 radical (unpaired) electrons. The zero-order chi connectivity index (χ0) is 19.1. The van der Waals surface area contributed by atoms with Crippen LogP contribution in [0.15, 0.2) is 31.0 Å². The maximum Gasteiger partial charge on any atom is 0.224 e. The van der Waals surface area contributed by atoms with Crippen molar-refractivity contribution >= 4 is 22.6 Å². The number of fused-ring (bicyclic) bond motifs is 2. The highest BCUT2D eigenvalue weighted by molar-refractivity contribution is 5.93. The average Bonchev–Trinajstić information content (AvgIpc) is 3.35. The predicted octanol–water partition coefficient (Wildman–Crippen LogP) is 3.18. The lowest BCUT2D eigenvalue weighted by Crippen LogP contribution is -2.29. The summed E-state index contributed by atoms with van der Waals surface area (Å²) >= 11 is 0. The quantitative estimate of drug-likeness (QED) is 0.564. The molecule has 4 aromatic heterocycles. The molecule has 4 heterocycles. The first-order valence-corrected chi connectivity index (χ1v) is 9.34. The van der Waals surface area contributed by atoms with Crippen molar-refractivity contribution in [1.29, 1.82) is 0 Å². The predicted molar refractivity (Wildman–Crippen MR) is 103 cm³/mol. The van der Waals surface area contributed by atoms with E-state index in [-0.39, 0.29) is 5.65 Å². The second-order valence-electron chi connectivity index (χ2n) is 7.12. The van der Waals surface area contributed by atoms with E-state index in [4.69, 9.17) is 4.74 Å². The molecule has 1 aliphatic rings. The molecule has 8 nitrogen and oxygen atoms in total. The Bertz CT molecular complexity index is 1130. The summed E-state index contributed by atoms with van der Waals surface area (Å²) in [6.07, 6.45) is 11.2. The van der Waals surface area contributed by atoms with E-state index in [1.165, 1.54) is 16.9 Å². The third-order valence-corrected chi connectivity index (χ3v) is 5.41. The van der Waals surface area contributed by atoms with Crippen LogP contribution in [0.4, 0.5) is 10.3 Å². The van der Waals surface area contributed by atoms with Crippen molar-refractivity contribution in [3.63, 3.8) is 0 Å². The standard InChI is InChI=1S/C19H20FN7O/c1-28-13-4-2-12(3-5-13)25-19-22-8-15-14(7-21-17(15)26-19)11-6-16(20)18-23-10-24-27(18)9-11/h6-10,12-13H,2-5H2,1H3,(H2,21,22,25,26)/t12-,13+. The maximum atomic E-state index is 14.3. The Morgan fingerprint density at radius 1 is 1.25 bits per heavy atom. The number of aromatic nitrogens is 6. The number of methoxy groups -OCH3 is 1. The SMILES string of the molecule is CO[C@H]1CC[C@@H](Nc2ncc3c(-c4cc(F)c5ncnn5c4)c[nH]c3n2)CC1. The van der Waals surface area contributed by atoms with Crippen LogP contribution in [0.2, 0.25) is 0 Å². The number of halogens is 1. The number of nitrogens with one attached hydrogen (secondary N) is 2. The molecule has 0 atom stereocenters. The third kappa shape index (κ3) is 2.97. The largest absolute Gasteiger partial charge is 0.381 e. The number of anilines is 1. The molecule has 0 aliphatic heterocycles. The van der Waals surface area contributed by atoms with Crippen LogP contribution in [0, 0.1) is 5.82 Å². The number of nitrogens with zero attached hydrogens (tertiary/aromatic N) is 5. The third-order valence-electron chi connectivity index (χ3n) is 5.41. The summed E-state index contributed by atoms with van der Waals surface area (Å²) in [5.41, 5.74) is 2.41. The highest BCUT2D eigenvalue weighted by Crippen LogP contribution is 2.29. The summed E-state index contributed by atoms with van der Waals surface area (Å²) in [5, 5.41) is 8.27. The molecule has 0 bridgehead atoms. The van der Waals surface area contributed by atoms with Gasteiger partial charge in [-0.15, -0.1) is 0 Å². The van der Waals surface area contributed by atoms with E-state index in [0.717, 1.165) is 36.6 Å². The molecule has 1 saturated carbocycles. The van der Waals surface area contributed by atoms with Crippen LogP contribution in [0.3, 0.4) is 0 Å². The van der Waals surface area contributed by atoms with Crippen LogP contribution in [0.25, 0.3) is 27.8 Å². The topological polar surface area (TPSA) is 93.0 Å². The molecule has 0 unspecified atom stereocenters. The van der Waals surface area contributed by atoms with E-state index in [1.54, 1.807) is 19.5 Å². The minimum atomic E-state index is -0.421. The van der Waals surface area contributed by atoms with Gasteiger partial charge in [-0.05, 0) is 31.7 Å². The van der Waals surface area contributed by atoms with E-state index < -0.39 is 5.82 Å². The molecule has 5 rings (SSSR count). The number of hydrogen-bond acceptors (Lipinski definition) is 6. The zero-order valence-electron chi connectivity index (χ0n) is 15.4. The lowest BCUT2D eigenvalue weighted by Gasteiger charge is -2.28. The number of pyridine rings is 1. The van der Waals surface area contributed by atoms with E-state index >= 15 is 0 Å². The summed E-state index contributed by atoms with van der Waals surface area (Å²) in [6, 6.07) is 1.80. The molecule has 144 valence electrons. The number of aromatic amines is 1. The number of H-pyrrole nitrogens is 1. The molecule has 0 saturated heterocycles. The molecule has 0 aromatic carbocycles. The molecule has 0 spiro atoms. The Kier molecular flexibility index (Phi) is 4.16. The first-order chi connectivity index (χ1) is 13.7. The van der Waals surface area contributed by atoms with Gasteiger partial charge in [-0.2, -0.15) is 10.1 Å². The second kappa shape index (κ2) is 6.83. The smallest absolute Gasteiger partial charge is 0.224 e. The van der Waals surface area contributed by atoms with Crippen LogP contribution in [0.5, 0.6) is 0 Å². The minimum Gasteiger partial charge on any atom is -0.381 e. The Labute approximate surface area is 160 Å². The summed E-state index contributed by atoms with van der Waals surface area (Å²) < 4.78 is 21.1. The molecule has 28 heavy (non-hydrogen) atoms. The van der Waals surface area contributed by atoms with Gasteiger partial charge in [-0.1, -0.05) is 0 Å². The summed E-state index contributed by atoms with van der Waals surface area (Å²) in [5.74, 6) is 0.176. The minimum absolute atomic E-state index is 0.203. The second-order valence-corrected chi connectivity index (χ2v) is 7.12. The van der Waals surface area contributed by atoms with Crippen molar-refractivity contribution in [3.8, 4) is 11.1 Å².